The lowest BCUT2D eigenvalue weighted by Gasteiger charge is -2.16. The van der Waals surface area contributed by atoms with Gasteiger partial charge < -0.3 is 15.5 Å². The maximum absolute atomic E-state index is 13.0. The third kappa shape index (κ3) is 3.87. The van der Waals surface area contributed by atoms with Crippen LogP contribution in [0.25, 0.3) is 22.3 Å². The number of ether oxygens (including phenoxy) is 1. The molecule has 1 amide bonds. The molecule has 1 aromatic carbocycles. The molecule has 30 heavy (non-hydrogen) atoms. The molecule has 0 unspecified atom stereocenters. The molecule has 3 N–H and O–H groups in total. The predicted molar refractivity (Wildman–Crippen MR) is 113 cm³/mol. The number of nitrogens with one attached hydrogen (secondary N) is 1. The van der Waals surface area contributed by atoms with Crippen LogP contribution in [-0.4, -0.2) is 27.5 Å². The molecule has 0 saturated carbocycles. The van der Waals surface area contributed by atoms with Crippen molar-refractivity contribution in [2.24, 2.45) is 5.73 Å². The second-order valence-corrected chi connectivity index (χ2v) is 7.02. The summed E-state index contributed by atoms with van der Waals surface area (Å²) < 4.78 is 18.3. The number of halogens is 1. The van der Waals surface area contributed by atoms with Crippen LogP contribution in [0, 0.1) is 12.7 Å². The Morgan fingerprint density at radius 1 is 1.20 bits per heavy atom. The highest BCUT2D eigenvalue weighted by Crippen LogP contribution is 2.28. The third-order valence-electron chi connectivity index (χ3n) is 5.00. The molecule has 1 aliphatic rings. The zero-order valence-corrected chi connectivity index (χ0v) is 16.5. The molecule has 0 saturated heterocycles. The fraction of sp³-hybridized carbons (Fsp3) is 0.174. The van der Waals surface area contributed by atoms with E-state index in [2.05, 4.69) is 15.0 Å². The number of carbonyl (C=O) groups excluding carboxylic acids is 1. The average molecular weight is 404 g/mol. The van der Waals surface area contributed by atoms with E-state index in [1.54, 1.807) is 24.4 Å². The summed E-state index contributed by atoms with van der Waals surface area (Å²) in [4.78, 5) is 22.7. The van der Waals surface area contributed by atoms with Crippen LogP contribution in [0.1, 0.15) is 27.9 Å². The molecule has 0 spiro atoms. The first-order valence-corrected chi connectivity index (χ1v) is 9.63. The van der Waals surface area contributed by atoms with Crippen molar-refractivity contribution in [3.8, 4) is 17.0 Å². The van der Waals surface area contributed by atoms with Crippen LogP contribution >= 0.6 is 0 Å². The van der Waals surface area contributed by atoms with E-state index in [-0.39, 0.29) is 5.82 Å². The van der Waals surface area contributed by atoms with E-state index in [0.29, 0.717) is 5.56 Å². The number of H-pyrrole nitrogens is 1. The van der Waals surface area contributed by atoms with Crippen molar-refractivity contribution in [1.82, 2.24) is 15.0 Å². The highest BCUT2D eigenvalue weighted by atomic mass is 19.1. The number of primary amides is 1. The first-order chi connectivity index (χ1) is 14.5. The van der Waals surface area contributed by atoms with Gasteiger partial charge in [0.05, 0.1) is 17.9 Å². The van der Waals surface area contributed by atoms with Crippen LogP contribution < -0.4 is 10.5 Å². The van der Waals surface area contributed by atoms with E-state index in [9.17, 15) is 9.18 Å². The van der Waals surface area contributed by atoms with E-state index >= 15 is 0 Å². The Bertz CT molecular complexity index is 1200. The number of nitrogens with two attached hydrogens (primary N) is 1. The second kappa shape index (κ2) is 8.32. The second-order valence-electron chi connectivity index (χ2n) is 7.02. The molecule has 4 aromatic rings. The minimum absolute atomic E-state index is 0.137. The van der Waals surface area contributed by atoms with Gasteiger partial charge in [-0.15, -0.1) is 0 Å². The molecule has 0 atom stereocenters. The van der Waals surface area contributed by atoms with Gasteiger partial charge in [-0.05, 0) is 55.7 Å². The Morgan fingerprint density at radius 2 is 2.07 bits per heavy atom. The molecular weight excluding hydrogens is 383 g/mol. The van der Waals surface area contributed by atoms with Crippen LogP contribution in [0.15, 0.2) is 55.0 Å². The number of hydrogen-bond donors (Lipinski definition) is 2. The SMILES string of the molecule is Cc1c[nH]c2nccc(-c3ccc(C(N)=O)cn3)c12.Fc1cccc2c1CCCO2. The largest absolute Gasteiger partial charge is 0.493 e. The molecule has 4 heterocycles. The smallest absolute Gasteiger partial charge is 0.250 e. The molecule has 152 valence electrons. The Morgan fingerprint density at radius 3 is 2.80 bits per heavy atom. The number of fused-ring (bicyclic) bond motifs is 2. The Balaban J connectivity index is 0.000000168. The van der Waals surface area contributed by atoms with Gasteiger partial charge in [0.1, 0.15) is 17.2 Å². The summed E-state index contributed by atoms with van der Waals surface area (Å²) >= 11 is 0. The van der Waals surface area contributed by atoms with Gasteiger partial charge in [0.2, 0.25) is 5.91 Å². The summed E-state index contributed by atoms with van der Waals surface area (Å²) in [6.07, 6.45) is 6.87. The van der Waals surface area contributed by atoms with Crippen LogP contribution in [0.2, 0.25) is 0 Å². The minimum Gasteiger partial charge on any atom is -0.493 e. The Hall–Kier alpha value is -3.74. The topological polar surface area (TPSA) is 93.9 Å². The van der Waals surface area contributed by atoms with Crippen molar-refractivity contribution in [3.63, 3.8) is 0 Å². The molecule has 7 heteroatoms. The monoisotopic (exact) mass is 404 g/mol. The Labute approximate surface area is 172 Å². The van der Waals surface area contributed by atoms with Crippen molar-refractivity contribution in [2.75, 3.05) is 6.61 Å². The van der Waals surface area contributed by atoms with Gasteiger partial charge in [-0.1, -0.05) is 6.07 Å². The van der Waals surface area contributed by atoms with Crippen LogP contribution in [-0.2, 0) is 6.42 Å². The molecule has 0 radical (unpaired) electrons. The van der Waals surface area contributed by atoms with Crippen LogP contribution in [0.5, 0.6) is 5.75 Å². The molecule has 1 aliphatic heterocycles. The highest BCUT2D eigenvalue weighted by Gasteiger charge is 2.13. The zero-order valence-electron chi connectivity index (χ0n) is 16.5. The van der Waals surface area contributed by atoms with Crippen LogP contribution in [0.4, 0.5) is 4.39 Å². The molecule has 0 bridgehead atoms. The summed E-state index contributed by atoms with van der Waals surface area (Å²) in [5.41, 5.74) is 10.1. The van der Waals surface area contributed by atoms with E-state index in [0.717, 1.165) is 58.6 Å². The standard InChI is InChI=1S/C14H12N4O.C9H9FO/c1-8-6-18-14-12(8)10(4-5-16-14)11-3-2-9(7-17-11)13(15)19;10-8-4-1-5-9-7(8)3-2-6-11-9/h2-7H,1H3,(H2,15,19)(H,16,18);1,4-5H,2-3,6H2. The van der Waals surface area contributed by atoms with Crippen molar-refractivity contribution in [2.45, 2.75) is 19.8 Å². The third-order valence-corrected chi connectivity index (χ3v) is 5.00. The van der Waals surface area contributed by atoms with E-state index in [1.165, 1.54) is 12.3 Å². The summed E-state index contributed by atoms with van der Waals surface area (Å²) in [5, 5.41) is 1.04. The quantitative estimate of drug-likeness (QED) is 0.524. The molecule has 0 fully saturated rings. The van der Waals surface area contributed by atoms with Gasteiger partial charge in [0.25, 0.3) is 0 Å². The average Bonchev–Trinajstić information content (AvgIpc) is 3.16. The number of rotatable bonds is 2. The van der Waals surface area contributed by atoms with Gasteiger partial charge in [-0.2, -0.15) is 0 Å². The lowest BCUT2D eigenvalue weighted by atomic mass is 10.1. The number of pyridine rings is 2. The number of aromatic nitrogens is 3. The maximum Gasteiger partial charge on any atom is 0.250 e. The van der Waals surface area contributed by atoms with Crippen molar-refractivity contribution < 1.29 is 13.9 Å². The summed E-state index contributed by atoms with van der Waals surface area (Å²) in [6.45, 7) is 2.73. The Kier molecular flexibility index (Phi) is 5.43. The number of hydrogen-bond acceptors (Lipinski definition) is 4. The molecule has 3 aromatic heterocycles. The van der Waals surface area contributed by atoms with Gasteiger partial charge >= 0.3 is 0 Å². The molecule has 0 aliphatic carbocycles. The normalized spacial score (nSPS) is 12.5. The first kappa shape index (κ1) is 19.6. The maximum atomic E-state index is 13.0. The number of nitrogens with zero attached hydrogens (tertiary/aromatic N) is 2. The van der Waals surface area contributed by atoms with Crippen molar-refractivity contribution in [1.29, 1.82) is 0 Å². The van der Waals surface area contributed by atoms with Crippen molar-refractivity contribution in [3.05, 3.63) is 77.5 Å². The molecule has 6 nitrogen and oxygen atoms in total. The molecular formula is C23H21FN4O2. The fourth-order valence-corrected chi connectivity index (χ4v) is 3.48. The van der Waals surface area contributed by atoms with E-state index in [1.807, 2.05) is 25.3 Å². The van der Waals surface area contributed by atoms with Gasteiger partial charge in [-0.25, -0.2) is 9.37 Å². The number of aryl methyl sites for hydroxylation is 1. The fourth-order valence-electron chi connectivity index (χ4n) is 3.48. The zero-order chi connectivity index (χ0) is 21.1. The van der Waals surface area contributed by atoms with E-state index in [4.69, 9.17) is 10.5 Å². The number of benzene rings is 1. The van der Waals surface area contributed by atoms with Crippen molar-refractivity contribution >= 4 is 16.9 Å². The minimum atomic E-state index is -0.475. The van der Waals surface area contributed by atoms with E-state index < -0.39 is 5.91 Å². The predicted octanol–water partition coefficient (Wildman–Crippen LogP) is 4.18. The molecule has 5 rings (SSSR count). The van der Waals surface area contributed by atoms with Gasteiger partial charge in [0.15, 0.2) is 0 Å². The van der Waals surface area contributed by atoms with Gasteiger partial charge in [-0.3, -0.25) is 9.78 Å². The summed E-state index contributed by atoms with van der Waals surface area (Å²) in [5.74, 6) is 0.107. The lowest BCUT2D eigenvalue weighted by Crippen LogP contribution is -2.10. The summed E-state index contributed by atoms with van der Waals surface area (Å²) in [7, 11) is 0. The lowest BCUT2D eigenvalue weighted by molar-refractivity contribution is 0.1000. The highest BCUT2D eigenvalue weighted by molar-refractivity contribution is 5.96. The first-order valence-electron chi connectivity index (χ1n) is 9.63. The van der Waals surface area contributed by atoms with Crippen LogP contribution in [0.3, 0.4) is 0 Å². The van der Waals surface area contributed by atoms with Gasteiger partial charge in [0, 0.05) is 35.1 Å². The summed E-state index contributed by atoms with van der Waals surface area (Å²) in [6, 6.07) is 10.4. The number of aromatic amines is 1. The number of amides is 1. The number of carbonyl (C=O) groups is 1.